The van der Waals surface area contributed by atoms with Crippen molar-refractivity contribution >= 4 is 34.8 Å². The zero-order valence-electron chi connectivity index (χ0n) is 11.2. The number of halogens is 3. The van der Waals surface area contributed by atoms with E-state index >= 15 is 0 Å². The van der Waals surface area contributed by atoms with E-state index in [1.165, 1.54) is 17.2 Å². The first-order valence-electron chi connectivity index (χ1n) is 6.73. The third kappa shape index (κ3) is 3.10. The van der Waals surface area contributed by atoms with Crippen molar-refractivity contribution in [3.05, 3.63) is 45.6 Å². The molecule has 6 heteroatoms. The van der Waals surface area contributed by atoms with Crippen LogP contribution in [0.1, 0.15) is 29.9 Å². The van der Waals surface area contributed by atoms with Crippen LogP contribution in [-0.4, -0.2) is 16.1 Å². The molecule has 1 heterocycles. The van der Waals surface area contributed by atoms with Crippen LogP contribution >= 0.6 is 34.8 Å². The van der Waals surface area contributed by atoms with Crippen LogP contribution in [0.15, 0.2) is 24.3 Å². The fourth-order valence-electron chi connectivity index (χ4n) is 2.59. The number of aromatic nitrogens is 2. The largest absolute Gasteiger partial charge is 0.436 e. The molecular weight excluding hydrogens is 331 g/mol. The summed E-state index contributed by atoms with van der Waals surface area (Å²) in [7, 11) is 0. The molecule has 0 amide bonds. The van der Waals surface area contributed by atoms with Gasteiger partial charge in [0.1, 0.15) is 10.8 Å². The van der Waals surface area contributed by atoms with Gasteiger partial charge in [-0.05, 0) is 42.4 Å². The number of alkyl halides is 1. The van der Waals surface area contributed by atoms with Crippen LogP contribution in [0.5, 0.6) is 11.6 Å². The van der Waals surface area contributed by atoms with Crippen molar-refractivity contribution in [3.8, 4) is 11.6 Å². The smallest absolute Gasteiger partial charge is 0.257 e. The Labute approximate surface area is 138 Å². The topological polar surface area (TPSA) is 35.0 Å². The first kappa shape index (κ1) is 14.9. The summed E-state index contributed by atoms with van der Waals surface area (Å²) < 4.78 is 5.79. The SMILES string of the molecule is ClCCCC1Cc2c(Oc3nnc(Cl)cc3Cl)cccc21. The molecular formula is C15H13Cl3N2O. The highest BCUT2D eigenvalue weighted by Crippen LogP contribution is 2.44. The van der Waals surface area contributed by atoms with Gasteiger partial charge in [-0.15, -0.1) is 21.8 Å². The van der Waals surface area contributed by atoms with Gasteiger partial charge in [0.2, 0.25) is 0 Å². The fraction of sp³-hybridized carbons (Fsp3) is 0.333. The second-order valence-electron chi connectivity index (χ2n) is 4.98. The molecule has 2 aromatic rings. The van der Waals surface area contributed by atoms with E-state index in [0.717, 1.165) is 25.0 Å². The Morgan fingerprint density at radius 2 is 2.10 bits per heavy atom. The minimum absolute atomic E-state index is 0.245. The van der Waals surface area contributed by atoms with Crippen LogP contribution in [0.25, 0.3) is 0 Å². The molecule has 110 valence electrons. The molecule has 0 bridgehead atoms. The Balaban J connectivity index is 1.80. The van der Waals surface area contributed by atoms with E-state index in [0.29, 0.717) is 16.8 Å². The number of ether oxygens (including phenoxy) is 1. The molecule has 1 aliphatic rings. The molecule has 0 saturated carbocycles. The number of benzene rings is 1. The molecule has 3 nitrogen and oxygen atoms in total. The van der Waals surface area contributed by atoms with Gasteiger partial charge in [-0.25, -0.2) is 0 Å². The van der Waals surface area contributed by atoms with Crippen molar-refractivity contribution < 1.29 is 4.74 Å². The van der Waals surface area contributed by atoms with E-state index in [1.807, 2.05) is 12.1 Å². The minimum Gasteiger partial charge on any atom is -0.436 e. The normalized spacial score (nSPS) is 16.2. The molecule has 0 radical (unpaired) electrons. The molecule has 0 saturated heterocycles. The second kappa shape index (κ2) is 6.39. The lowest BCUT2D eigenvalue weighted by Gasteiger charge is -2.31. The quantitative estimate of drug-likeness (QED) is 0.697. The van der Waals surface area contributed by atoms with E-state index in [1.54, 1.807) is 0 Å². The maximum atomic E-state index is 6.06. The van der Waals surface area contributed by atoms with E-state index in [9.17, 15) is 0 Å². The van der Waals surface area contributed by atoms with E-state index in [4.69, 9.17) is 39.5 Å². The van der Waals surface area contributed by atoms with E-state index in [2.05, 4.69) is 16.3 Å². The number of hydrogen-bond acceptors (Lipinski definition) is 3. The van der Waals surface area contributed by atoms with Crippen LogP contribution in [0.4, 0.5) is 0 Å². The molecule has 0 N–H and O–H groups in total. The van der Waals surface area contributed by atoms with Crippen molar-refractivity contribution in [1.82, 2.24) is 10.2 Å². The van der Waals surface area contributed by atoms with Gasteiger partial charge in [-0.1, -0.05) is 35.3 Å². The lowest BCUT2D eigenvalue weighted by Crippen LogP contribution is -2.18. The zero-order chi connectivity index (χ0) is 14.8. The molecule has 0 aliphatic heterocycles. The van der Waals surface area contributed by atoms with Crippen LogP contribution in [0.3, 0.4) is 0 Å². The molecule has 1 aromatic carbocycles. The van der Waals surface area contributed by atoms with Gasteiger partial charge in [0.25, 0.3) is 5.88 Å². The number of hydrogen-bond donors (Lipinski definition) is 0. The molecule has 1 atom stereocenters. The molecule has 1 unspecified atom stereocenters. The molecule has 3 rings (SSSR count). The molecule has 0 spiro atoms. The maximum Gasteiger partial charge on any atom is 0.257 e. The van der Waals surface area contributed by atoms with Crippen molar-refractivity contribution in [2.75, 3.05) is 5.88 Å². The third-order valence-electron chi connectivity index (χ3n) is 3.64. The predicted molar refractivity (Wildman–Crippen MR) is 85.0 cm³/mol. The summed E-state index contributed by atoms with van der Waals surface area (Å²) in [5, 5.41) is 8.23. The van der Waals surface area contributed by atoms with Crippen LogP contribution < -0.4 is 4.74 Å². The summed E-state index contributed by atoms with van der Waals surface area (Å²) in [5.74, 6) is 2.35. The summed E-state index contributed by atoms with van der Waals surface area (Å²) in [6.45, 7) is 0. The Kier molecular flexibility index (Phi) is 4.53. The molecule has 1 aliphatic carbocycles. The first-order valence-corrected chi connectivity index (χ1v) is 8.02. The standard InChI is InChI=1S/C15H13Cl3N2O/c16-6-2-3-9-7-11-10(9)4-1-5-13(11)21-15-12(17)8-14(18)19-20-15/h1,4-5,8-9H,2-3,6-7H2. The molecule has 0 fully saturated rings. The Bertz CT molecular complexity index is 663. The average Bonchev–Trinajstić information content (AvgIpc) is 2.44. The fourth-order valence-corrected chi connectivity index (χ4v) is 3.13. The number of fused-ring (bicyclic) bond motifs is 1. The van der Waals surface area contributed by atoms with Gasteiger partial charge in [0.05, 0.1) is 0 Å². The molecule has 21 heavy (non-hydrogen) atoms. The van der Waals surface area contributed by atoms with Crippen molar-refractivity contribution in [1.29, 1.82) is 0 Å². The zero-order valence-corrected chi connectivity index (χ0v) is 13.4. The Morgan fingerprint density at radius 3 is 2.86 bits per heavy atom. The highest BCUT2D eigenvalue weighted by molar-refractivity contribution is 6.34. The summed E-state index contributed by atoms with van der Waals surface area (Å²) in [6, 6.07) is 7.56. The van der Waals surface area contributed by atoms with Crippen LogP contribution in [0, 0.1) is 0 Å². The third-order valence-corrected chi connectivity index (χ3v) is 4.36. The van der Waals surface area contributed by atoms with Crippen molar-refractivity contribution in [3.63, 3.8) is 0 Å². The summed E-state index contributed by atoms with van der Waals surface area (Å²) in [6.07, 6.45) is 3.15. The molecule has 1 aromatic heterocycles. The summed E-state index contributed by atoms with van der Waals surface area (Å²) in [5.41, 5.74) is 2.54. The van der Waals surface area contributed by atoms with Crippen LogP contribution in [0.2, 0.25) is 10.2 Å². The summed E-state index contributed by atoms with van der Waals surface area (Å²) in [4.78, 5) is 0. The highest BCUT2D eigenvalue weighted by atomic mass is 35.5. The van der Waals surface area contributed by atoms with Gasteiger partial charge in [0, 0.05) is 11.9 Å². The van der Waals surface area contributed by atoms with Crippen LogP contribution in [-0.2, 0) is 6.42 Å². The lowest BCUT2D eigenvalue weighted by atomic mass is 9.75. The minimum atomic E-state index is 0.245. The first-order chi connectivity index (χ1) is 10.2. The van der Waals surface area contributed by atoms with E-state index < -0.39 is 0 Å². The van der Waals surface area contributed by atoms with Crippen molar-refractivity contribution in [2.24, 2.45) is 0 Å². The highest BCUT2D eigenvalue weighted by Gasteiger charge is 2.29. The number of rotatable bonds is 5. The average molecular weight is 344 g/mol. The predicted octanol–water partition coefficient (Wildman–Crippen LogP) is 5.23. The monoisotopic (exact) mass is 342 g/mol. The van der Waals surface area contributed by atoms with Crippen molar-refractivity contribution in [2.45, 2.75) is 25.2 Å². The Hall–Kier alpha value is -1.03. The van der Waals surface area contributed by atoms with Gasteiger partial charge in [0.15, 0.2) is 5.15 Å². The number of nitrogens with zero attached hydrogens (tertiary/aromatic N) is 2. The lowest BCUT2D eigenvalue weighted by molar-refractivity contribution is 0.433. The van der Waals surface area contributed by atoms with Gasteiger partial charge >= 0.3 is 0 Å². The van der Waals surface area contributed by atoms with Gasteiger partial charge in [-0.3, -0.25) is 0 Å². The van der Waals surface area contributed by atoms with Gasteiger partial charge < -0.3 is 4.74 Å². The van der Waals surface area contributed by atoms with Gasteiger partial charge in [-0.2, -0.15) is 0 Å². The summed E-state index contributed by atoms with van der Waals surface area (Å²) >= 11 is 17.5. The maximum absolute atomic E-state index is 6.06. The Morgan fingerprint density at radius 1 is 1.24 bits per heavy atom. The second-order valence-corrected chi connectivity index (χ2v) is 6.15. The van der Waals surface area contributed by atoms with E-state index in [-0.39, 0.29) is 11.0 Å².